The van der Waals surface area contributed by atoms with Gasteiger partial charge in [0, 0.05) is 37.7 Å². The predicted octanol–water partition coefficient (Wildman–Crippen LogP) is 3.12. The van der Waals surface area contributed by atoms with E-state index in [4.69, 9.17) is 9.47 Å². The lowest BCUT2D eigenvalue weighted by atomic mass is 9.91. The SMILES string of the molecule is CCCCOCCOCCNC(=NCC1CC(=O)Nc2ccccc21)NCC.I. The topological polar surface area (TPSA) is 84.0 Å². The number of unbranched alkanes of at least 4 members (excludes halogenated alkanes) is 1. The Hall–Kier alpha value is -1.39. The van der Waals surface area contributed by atoms with Gasteiger partial charge in [-0.1, -0.05) is 31.5 Å². The molecule has 164 valence electrons. The maximum atomic E-state index is 11.9. The largest absolute Gasteiger partial charge is 0.379 e. The predicted molar refractivity (Wildman–Crippen MR) is 128 cm³/mol. The van der Waals surface area contributed by atoms with E-state index in [1.54, 1.807) is 0 Å². The van der Waals surface area contributed by atoms with Gasteiger partial charge in [-0.2, -0.15) is 0 Å². The lowest BCUT2D eigenvalue weighted by molar-refractivity contribution is -0.116. The Bertz CT molecular complexity index is 628. The fraction of sp³-hybridized carbons (Fsp3) is 0.619. The van der Waals surface area contributed by atoms with Crippen LogP contribution >= 0.6 is 24.0 Å². The zero-order valence-electron chi connectivity index (χ0n) is 17.5. The number of para-hydroxylation sites is 1. The smallest absolute Gasteiger partial charge is 0.225 e. The number of aliphatic imine (C=N–C) groups is 1. The third-order valence-corrected chi connectivity index (χ3v) is 4.47. The molecule has 0 spiro atoms. The summed E-state index contributed by atoms with van der Waals surface area (Å²) < 4.78 is 11.0. The Morgan fingerprint density at radius 3 is 2.66 bits per heavy atom. The molecule has 0 aromatic heterocycles. The van der Waals surface area contributed by atoms with Gasteiger partial charge in [-0.3, -0.25) is 9.79 Å². The highest BCUT2D eigenvalue weighted by Crippen LogP contribution is 2.31. The van der Waals surface area contributed by atoms with Gasteiger partial charge in [-0.25, -0.2) is 0 Å². The van der Waals surface area contributed by atoms with E-state index in [9.17, 15) is 4.79 Å². The average Bonchev–Trinajstić information content (AvgIpc) is 2.70. The first-order chi connectivity index (χ1) is 13.7. The van der Waals surface area contributed by atoms with Gasteiger partial charge in [0.1, 0.15) is 0 Å². The highest BCUT2D eigenvalue weighted by Gasteiger charge is 2.24. The van der Waals surface area contributed by atoms with E-state index in [1.807, 2.05) is 25.1 Å². The Morgan fingerprint density at radius 2 is 1.90 bits per heavy atom. The number of nitrogens with one attached hydrogen (secondary N) is 3. The van der Waals surface area contributed by atoms with Crippen molar-refractivity contribution in [2.45, 2.75) is 39.0 Å². The summed E-state index contributed by atoms with van der Waals surface area (Å²) in [5, 5.41) is 9.45. The molecule has 0 fully saturated rings. The molecule has 1 atom stereocenters. The molecule has 7 nitrogen and oxygen atoms in total. The molecular formula is C21H35IN4O3. The molecule has 8 heteroatoms. The van der Waals surface area contributed by atoms with Crippen molar-refractivity contribution < 1.29 is 14.3 Å². The number of guanidine groups is 1. The normalized spacial score (nSPS) is 15.9. The Kier molecular flexibility index (Phi) is 13.7. The summed E-state index contributed by atoms with van der Waals surface area (Å²) in [7, 11) is 0. The van der Waals surface area contributed by atoms with Crippen LogP contribution in [-0.2, 0) is 14.3 Å². The summed E-state index contributed by atoms with van der Waals surface area (Å²) in [6, 6.07) is 7.94. The third kappa shape index (κ3) is 9.77. The van der Waals surface area contributed by atoms with E-state index in [-0.39, 0.29) is 35.8 Å². The van der Waals surface area contributed by atoms with Crippen LogP contribution in [0.5, 0.6) is 0 Å². The van der Waals surface area contributed by atoms with Crippen molar-refractivity contribution in [1.82, 2.24) is 10.6 Å². The molecule has 0 saturated heterocycles. The third-order valence-electron chi connectivity index (χ3n) is 4.47. The second-order valence-corrected chi connectivity index (χ2v) is 6.76. The van der Waals surface area contributed by atoms with Crippen molar-refractivity contribution in [2.75, 3.05) is 51.4 Å². The Morgan fingerprint density at radius 1 is 1.14 bits per heavy atom. The van der Waals surface area contributed by atoms with Crippen molar-refractivity contribution in [3.05, 3.63) is 29.8 Å². The van der Waals surface area contributed by atoms with Crippen molar-refractivity contribution in [3.8, 4) is 0 Å². The van der Waals surface area contributed by atoms with E-state index < -0.39 is 0 Å². The highest BCUT2D eigenvalue weighted by molar-refractivity contribution is 14.0. The zero-order valence-corrected chi connectivity index (χ0v) is 19.9. The van der Waals surface area contributed by atoms with Gasteiger partial charge in [-0.05, 0) is 25.0 Å². The standard InChI is InChI=1S/C21H34N4O3.HI/c1-3-5-11-27-13-14-28-12-10-23-21(22-4-2)24-16-17-15-20(26)25-19-9-7-6-8-18(17)19;/h6-9,17H,3-5,10-16H2,1-2H3,(H,25,26)(H2,22,23,24);1H. The molecule has 1 heterocycles. The molecule has 0 bridgehead atoms. The molecule has 1 unspecified atom stereocenters. The van der Waals surface area contributed by atoms with Crippen LogP contribution in [0, 0.1) is 0 Å². The summed E-state index contributed by atoms with van der Waals surface area (Å²) >= 11 is 0. The van der Waals surface area contributed by atoms with Crippen LogP contribution in [0.4, 0.5) is 5.69 Å². The van der Waals surface area contributed by atoms with Gasteiger partial charge in [0.05, 0.1) is 26.4 Å². The maximum Gasteiger partial charge on any atom is 0.225 e. The number of benzene rings is 1. The first-order valence-corrected chi connectivity index (χ1v) is 10.3. The molecule has 1 amide bonds. The average molecular weight is 518 g/mol. The van der Waals surface area contributed by atoms with E-state index in [0.29, 0.717) is 39.3 Å². The molecule has 1 aliphatic heterocycles. The number of nitrogens with zero attached hydrogens (tertiary/aromatic N) is 1. The monoisotopic (exact) mass is 518 g/mol. The van der Waals surface area contributed by atoms with Crippen molar-refractivity contribution >= 4 is 41.5 Å². The van der Waals surface area contributed by atoms with Crippen LogP contribution in [0.1, 0.15) is 44.6 Å². The summed E-state index contributed by atoms with van der Waals surface area (Å²) in [6.45, 7) is 8.83. The van der Waals surface area contributed by atoms with Crippen LogP contribution in [-0.4, -0.2) is 57.9 Å². The number of rotatable bonds is 12. The molecule has 3 N–H and O–H groups in total. The molecule has 0 radical (unpaired) electrons. The molecule has 0 saturated carbocycles. The van der Waals surface area contributed by atoms with E-state index in [0.717, 1.165) is 43.2 Å². The molecular weight excluding hydrogens is 483 g/mol. The number of fused-ring (bicyclic) bond motifs is 1. The first kappa shape index (κ1) is 25.6. The first-order valence-electron chi connectivity index (χ1n) is 10.3. The Balaban J connectivity index is 0.00000420. The minimum Gasteiger partial charge on any atom is -0.379 e. The molecule has 0 aliphatic carbocycles. The number of hydrogen-bond acceptors (Lipinski definition) is 4. The Labute approximate surface area is 191 Å². The number of halogens is 1. The fourth-order valence-electron chi connectivity index (χ4n) is 3.02. The van der Waals surface area contributed by atoms with Gasteiger partial charge in [0.15, 0.2) is 5.96 Å². The second kappa shape index (κ2) is 15.4. The highest BCUT2D eigenvalue weighted by atomic mass is 127. The number of carbonyl (C=O) groups excluding carboxylic acids is 1. The van der Waals surface area contributed by atoms with Crippen LogP contribution in [0.25, 0.3) is 0 Å². The van der Waals surface area contributed by atoms with Gasteiger partial charge in [0.25, 0.3) is 0 Å². The quantitative estimate of drug-likeness (QED) is 0.172. The van der Waals surface area contributed by atoms with E-state index >= 15 is 0 Å². The van der Waals surface area contributed by atoms with E-state index in [2.05, 4.69) is 33.9 Å². The zero-order chi connectivity index (χ0) is 20.0. The van der Waals surface area contributed by atoms with Crippen molar-refractivity contribution in [3.63, 3.8) is 0 Å². The fourth-order valence-corrected chi connectivity index (χ4v) is 3.02. The number of amides is 1. The van der Waals surface area contributed by atoms with E-state index in [1.165, 1.54) is 0 Å². The summed E-state index contributed by atoms with van der Waals surface area (Å²) in [4.78, 5) is 16.6. The van der Waals surface area contributed by atoms with Crippen molar-refractivity contribution in [2.24, 2.45) is 4.99 Å². The summed E-state index contributed by atoms with van der Waals surface area (Å²) in [5.41, 5.74) is 2.04. The number of carbonyl (C=O) groups is 1. The minimum absolute atomic E-state index is 0. The molecule has 1 aromatic rings. The number of anilines is 1. The van der Waals surface area contributed by atoms with Gasteiger partial charge >= 0.3 is 0 Å². The van der Waals surface area contributed by atoms with Gasteiger partial charge in [0.2, 0.25) is 5.91 Å². The van der Waals surface area contributed by atoms with Crippen LogP contribution in [0.2, 0.25) is 0 Å². The van der Waals surface area contributed by atoms with Crippen LogP contribution in [0.15, 0.2) is 29.3 Å². The number of ether oxygens (including phenoxy) is 2. The lowest BCUT2D eigenvalue weighted by Gasteiger charge is -2.24. The van der Waals surface area contributed by atoms with Gasteiger partial charge < -0.3 is 25.4 Å². The number of hydrogen-bond donors (Lipinski definition) is 3. The van der Waals surface area contributed by atoms with Crippen molar-refractivity contribution in [1.29, 1.82) is 0 Å². The lowest BCUT2D eigenvalue weighted by Crippen LogP contribution is -2.39. The minimum atomic E-state index is 0. The van der Waals surface area contributed by atoms with Crippen LogP contribution < -0.4 is 16.0 Å². The summed E-state index contributed by atoms with van der Waals surface area (Å²) in [5.74, 6) is 0.886. The van der Waals surface area contributed by atoms with Crippen LogP contribution in [0.3, 0.4) is 0 Å². The maximum absolute atomic E-state index is 11.9. The molecule has 2 rings (SSSR count). The second-order valence-electron chi connectivity index (χ2n) is 6.76. The molecule has 1 aromatic carbocycles. The molecule has 29 heavy (non-hydrogen) atoms. The van der Waals surface area contributed by atoms with Gasteiger partial charge in [-0.15, -0.1) is 24.0 Å². The summed E-state index contributed by atoms with van der Waals surface area (Å²) in [6.07, 6.45) is 2.70. The molecule has 1 aliphatic rings.